The van der Waals surface area contributed by atoms with Crippen molar-refractivity contribution in [2.45, 2.75) is 45.4 Å². The van der Waals surface area contributed by atoms with Crippen molar-refractivity contribution in [2.24, 2.45) is 0 Å². The Morgan fingerprint density at radius 3 is 2.06 bits per heavy atom. The van der Waals surface area contributed by atoms with Crippen LogP contribution in [-0.2, 0) is 31.9 Å². The average molecular weight is 847 g/mol. The molecule has 0 radical (unpaired) electrons. The van der Waals surface area contributed by atoms with Crippen LogP contribution in [0.3, 0.4) is 0 Å². The number of fused-ring (bicyclic) bond motifs is 3. The van der Waals surface area contributed by atoms with E-state index < -0.39 is 0 Å². The number of aromatic nitrogens is 2. The second-order valence-corrected chi connectivity index (χ2v) is 14.5. The average Bonchev–Trinajstić information content (AvgIpc) is 3.13. The van der Waals surface area contributed by atoms with Crippen LogP contribution in [-0.4, -0.2) is 15.1 Å². The van der Waals surface area contributed by atoms with Crippen LogP contribution >= 0.6 is 0 Å². The van der Waals surface area contributed by atoms with E-state index in [-0.39, 0.29) is 37.6 Å². The zero-order chi connectivity index (χ0) is 34.6. The molecule has 2 aromatic heterocycles. The van der Waals surface area contributed by atoms with E-state index in [4.69, 9.17) is 9.97 Å². The van der Waals surface area contributed by atoms with Crippen LogP contribution in [0.5, 0.6) is 5.75 Å². The van der Waals surface area contributed by atoms with E-state index in [0.29, 0.717) is 11.2 Å². The maximum absolute atomic E-state index is 11.9. The van der Waals surface area contributed by atoms with Crippen molar-refractivity contribution in [1.29, 1.82) is 0 Å². The first-order chi connectivity index (χ1) is 24.1. The fourth-order valence-electron chi connectivity index (χ4n) is 7.09. The topological polar surface area (TPSA) is 52.5 Å². The predicted octanol–water partition coefficient (Wildman–Crippen LogP) is 11.7. The van der Waals surface area contributed by atoms with Gasteiger partial charge in [-0.15, -0.1) is 23.8 Å². The molecule has 7 aromatic rings. The maximum atomic E-state index is 11.9. The number of para-hydroxylation sites is 3. The summed E-state index contributed by atoms with van der Waals surface area (Å²) in [5.41, 5.74) is 10.00. The fourth-order valence-corrected chi connectivity index (χ4v) is 7.09. The zero-order valence-corrected chi connectivity index (χ0v) is 31.6. The van der Waals surface area contributed by atoms with Gasteiger partial charge in [0.2, 0.25) is 0 Å². The van der Waals surface area contributed by atoms with Crippen LogP contribution in [0.25, 0.3) is 22.2 Å². The third-order valence-corrected chi connectivity index (χ3v) is 9.84. The number of hydrogen-bond donors (Lipinski definition) is 1. The predicted molar refractivity (Wildman–Crippen MR) is 206 cm³/mol. The molecule has 0 spiro atoms. The van der Waals surface area contributed by atoms with Gasteiger partial charge in [0.1, 0.15) is 11.3 Å². The second-order valence-electron chi connectivity index (χ2n) is 14.5. The normalized spacial score (nSPS) is 13.2. The number of anilines is 6. The molecule has 3 heterocycles. The van der Waals surface area contributed by atoms with E-state index in [1.807, 2.05) is 91.1 Å². The van der Waals surface area contributed by atoms with Crippen LogP contribution in [0.15, 0.2) is 140 Å². The molecule has 1 aliphatic heterocycles. The van der Waals surface area contributed by atoms with Gasteiger partial charge in [0.05, 0.1) is 5.69 Å². The van der Waals surface area contributed by atoms with E-state index in [2.05, 4.69) is 99.0 Å². The minimum atomic E-state index is -0.262. The number of pyridine rings is 2. The van der Waals surface area contributed by atoms with E-state index in [9.17, 15) is 5.11 Å². The molecule has 51 heavy (non-hydrogen) atoms. The molecule has 0 aliphatic carbocycles. The van der Waals surface area contributed by atoms with E-state index >= 15 is 0 Å². The molecule has 0 atom stereocenters. The molecule has 5 aromatic carbocycles. The van der Waals surface area contributed by atoms with Gasteiger partial charge in [0.25, 0.3) is 0 Å². The number of phenols is 1. The summed E-state index contributed by atoms with van der Waals surface area (Å²) < 4.78 is 0. The van der Waals surface area contributed by atoms with Crippen LogP contribution in [0, 0.1) is 6.07 Å². The molecule has 0 fully saturated rings. The third-order valence-electron chi connectivity index (χ3n) is 9.84. The Bertz CT molecular complexity index is 2330. The molecule has 0 amide bonds. The standard InChI is InChI=1S/C45H39N4O.Pt/c1-44(2,3)32-26-27-46-41(29-32)49-38-19-13-12-18-35(38)45(4,5)36-23-20-31(28-40(36)49)37-24-21-30-22-25-39(43(50)42(30)47-37)48(33-14-8-6-9-15-33)34-16-10-7-11-17-34;/h6-27,29,50H,1-5H3;/q-1;. The van der Waals surface area contributed by atoms with Crippen LogP contribution in [0.4, 0.5) is 34.3 Å². The van der Waals surface area contributed by atoms with Crippen molar-refractivity contribution >= 4 is 45.2 Å². The summed E-state index contributed by atoms with van der Waals surface area (Å²) in [5, 5.41) is 12.8. The van der Waals surface area contributed by atoms with Gasteiger partial charge in [-0.3, -0.25) is 4.98 Å². The van der Waals surface area contributed by atoms with Gasteiger partial charge in [-0.2, -0.15) is 0 Å². The van der Waals surface area contributed by atoms with Crippen molar-refractivity contribution in [3.8, 4) is 17.0 Å². The Morgan fingerprint density at radius 2 is 1.37 bits per heavy atom. The molecule has 0 unspecified atom stereocenters. The van der Waals surface area contributed by atoms with Gasteiger partial charge in [0.15, 0.2) is 5.75 Å². The Labute approximate surface area is 314 Å². The van der Waals surface area contributed by atoms with E-state index in [0.717, 1.165) is 50.8 Å². The summed E-state index contributed by atoms with van der Waals surface area (Å²) in [7, 11) is 0. The van der Waals surface area contributed by atoms with Crippen molar-refractivity contribution < 1.29 is 26.2 Å². The summed E-state index contributed by atoms with van der Waals surface area (Å²) >= 11 is 0. The fraction of sp³-hybridized carbons (Fsp3) is 0.156. The molecule has 0 bridgehead atoms. The third kappa shape index (κ3) is 6.00. The van der Waals surface area contributed by atoms with Gasteiger partial charge in [-0.05, 0) is 81.9 Å². The first-order valence-corrected chi connectivity index (χ1v) is 17.1. The number of benzene rings is 5. The quantitative estimate of drug-likeness (QED) is 0.175. The maximum Gasteiger partial charge on any atom is 0.165 e. The van der Waals surface area contributed by atoms with Crippen molar-refractivity contribution in [2.75, 3.05) is 9.80 Å². The number of phenolic OH excluding ortho intramolecular Hbond substituents is 1. The molecular formula is C45H39N4OPt-. The molecule has 1 aliphatic rings. The minimum Gasteiger partial charge on any atom is -0.504 e. The summed E-state index contributed by atoms with van der Waals surface area (Å²) in [6.45, 7) is 11.2. The first-order valence-electron chi connectivity index (χ1n) is 17.1. The monoisotopic (exact) mass is 846 g/mol. The van der Waals surface area contributed by atoms with Gasteiger partial charge < -0.3 is 14.9 Å². The molecule has 0 saturated heterocycles. The summed E-state index contributed by atoms with van der Waals surface area (Å²) in [6.07, 6.45) is 1.90. The Morgan fingerprint density at radius 1 is 0.725 bits per heavy atom. The molecule has 8 rings (SSSR count). The Kier molecular flexibility index (Phi) is 8.81. The molecular weight excluding hydrogens is 808 g/mol. The smallest absolute Gasteiger partial charge is 0.165 e. The summed E-state index contributed by atoms with van der Waals surface area (Å²) in [6, 6.07) is 49.1. The van der Waals surface area contributed by atoms with E-state index in [1.165, 1.54) is 11.1 Å². The largest absolute Gasteiger partial charge is 0.504 e. The number of hydrogen-bond acceptors (Lipinski definition) is 5. The van der Waals surface area contributed by atoms with Crippen LogP contribution in [0.2, 0.25) is 0 Å². The minimum absolute atomic E-state index is 0. The van der Waals surface area contributed by atoms with Crippen LogP contribution in [0.1, 0.15) is 51.3 Å². The zero-order valence-electron chi connectivity index (χ0n) is 29.3. The van der Waals surface area contributed by atoms with Crippen molar-refractivity contribution in [1.82, 2.24) is 9.97 Å². The number of rotatable bonds is 5. The Balaban J connectivity index is 0.00000406. The number of aromatic hydroxyl groups is 1. The van der Waals surface area contributed by atoms with Gasteiger partial charge in [0, 0.05) is 49.7 Å². The van der Waals surface area contributed by atoms with Crippen molar-refractivity contribution in [3.63, 3.8) is 0 Å². The van der Waals surface area contributed by atoms with Gasteiger partial charge >= 0.3 is 0 Å². The summed E-state index contributed by atoms with van der Waals surface area (Å²) in [5.74, 6) is 0.973. The molecule has 6 heteroatoms. The van der Waals surface area contributed by atoms with Crippen LogP contribution < -0.4 is 9.80 Å². The number of nitrogens with zero attached hydrogens (tertiary/aromatic N) is 4. The van der Waals surface area contributed by atoms with E-state index in [1.54, 1.807) is 0 Å². The van der Waals surface area contributed by atoms with Gasteiger partial charge in [-0.1, -0.05) is 113 Å². The molecule has 1 N–H and O–H groups in total. The second kappa shape index (κ2) is 13.1. The van der Waals surface area contributed by atoms with Gasteiger partial charge in [-0.25, -0.2) is 4.98 Å². The molecule has 0 saturated carbocycles. The molecule has 5 nitrogen and oxygen atoms in total. The van der Waals surface area contributed by atoms with Crippen molar-refractivity contribution in [3.05, 3.63) is 162 Å². The SMILES string of the molecule is CC(C)(C)c1ccnc(N2c3[c-]c(-c4ccc5ccc(N(c6ccccc6)c6ccccc6)c(O)c5n4)ccc3C(C)(C)c3ccccc32)c1.[Pt]. The Hall–Kier alpha value is -5.25. The summed E-state index contributed by atoms with van der Waals surface area (Å²) in [4.78, 5) is 14.3. The molecule has 256 valence electrons. The first kappa shape index (κ1) is 34.2.